The van der Waals surface area contributed by atoms with Gasteiger partial charge in [0, 0.05) is 6.61 Å². The first-order chi connectivity index (χ1) is 12.2. The van der Waals surface area contributed by atoms with E-state index in [1.807, 2.05) is 0 Å². The molecule has 0 spiro atoms. The van der Waals surface area contributed by atoms with Gasteiger partial charge in [-0.15, -0.1) is 0 Å². The summed E-state index contributed by atoms with van der Waals surface area (Å²) < 4.78 is 18.3. The molecular formula is C23H38O3. The number of benzene rings is 1. The van der Waals surface area contributed by atoms with E-state index in [0.717, 1.165) is 19.4 Å². The van der Waals surface area contributed by atoms with Crippen molar-refractivity contribution in [2.75, 3.05) is 13.2 Å². The van der Waals surface area contributed by atoms with E-state index in [9.17, 15) is 0 Å². The van der Waals surface area contributed by atoms with Crippen LogP contribution in [0.3, 0.4) is 0 Å². The number of rotatable bonds is 9. The molecule has 1 fully saturated rings. The lowest BCUT2D eigenvalue weighted by molar-refractivity contribution is -0.178. The summed E-state index contributed by atoms with van der Waals surface area (Å²) in [5.74, 6) is 0.610. The Kier molecular flexibility index (Phi) is 7.69. The lowest BCUT2D eigenvalue weighted by Crippen LogP contribution is -2.46. The molecule has 0 bridgehead atoms. The highest BCUT2D eigenvalue weighted by molar-refractivity contribution is 5.24. The molecule has 2 rings (SSSR count). The van der Waals surface area contributed by atoms with E-state index < -0.39 is 0 Å². The summed E-state index contributed by atoms with van der Waals surface area (Å²) >= 11 is 0. The maximum absolute atomic E-state index is 6.24. The van der Waals surface area contributed by atoms with Crippen molar-refractivity contribution in [2.45, 2.75) is 97.1 Å². The third-order valence-electron chi connectivity index (χ3n) is 5.54. The van der Waals surface area contributed by atoms with Gasteiger partial charge in [0.05, 0.1) is 30.5 Å². The van der Waals surface area contributed by atoms with Crippen LogP contribution in [0.5, 0.6) is 0 Å². The van der Waals surface area contributed by atoms with Crippen LogP contribution in [0.4, 0.5) is 0 Å². The molecule has 1 aliphatic heterocycles. The Bertz CT molecular complexity index is 527. The quantitative estimate of drug-likeness (QED) is 0.551. The van der Waals surface area contributed by atoms with Crippen LogP contribution in [0.25, 0.3) is 0 Å². The summed E-state index contributed by atoms with van der Waals surface area (Å²) in [6.45, 7) is 15.0. The molecule has 3 nitrogen and oxygen atoms in total. The van der Waals surface area contributed by atoms with Crippen LogP contribution < -0.4 is 0 Å². The molecule has 26 heavy (non-hydrogen) atoms. The predicted molar refractivity (Wildman–Crippen MR) is 108 cm³/mol. The summed E-state index contributed by atoms with van der Waals surface area (Å²) in [4.78, 5) is 0. The first-order valence-corrected chi connectivity index (χ1v) is 10.2. The van der Waals surface area contributed by atoms with Crippen LogP contribution in [0.2, 0.25) is 0 Å². The average molecular weight is 363 g/mol. The Morgan fingerprint density at radius 1 is 1.08 bits per heavy atom. The first-order valence-electron chi connectivity index (χ1n) is 10.2. The van der Waals surface area contributed by atoms with Gasteiger partial charge in [-0.1, -0.05) is 38.1 Å². The van der Waals surface area contributed by atoms with Crippen LogP contribution in [-0.2, 0) is 20.8 Å². The van der Waals surface area contributed by atoms with Gasteiger partial charge in [0.1, 0.15) is 0 Å². The van der Waals surface area contributed by atoms with Crippen molar-refractivity contribution in [1.29, 1.82) is 0 Å². The zero-order valence-corrected chi connectivity index (χ0v) is 17.6. The van der Waals surface area contributed by atoms with Gasteiger partial charge in [0.25, 0.3) is 0 Å². The highest BCUT2D eigenvalue weighted by Crippen LogP contribution is 2.28. The molecule has 0 aliphatic carbocycles. The molecule has 0 radical (unpaired) electrons. The fraction of sp³-hybridized carbons (Fsp3) is 0.739. The van der Waals surface area contributed by atoms with Crippen LogP contribution in [0.1, 0.15) is 84.3 Å². The third-order valence-corrected chi connectivity index (χ3v) is 5.54. The Labute approximate surface area is 160 Å². The number of ether oxygens (including phenoxy) is 3. The van der Waals surface area contributed by atoms with E-state index in [2.05, 4.69) is 65.8 Å². The number of hydrogen-bond acceptors (Lipinski definition) is 3. The van der Waals surface area contributed by atoms with Crippen molar-refractivity contribution in [3.8, 4) is 0 Å². The van der Waals surface area contributed by atoms with Gasteiger partial charge >= 0.3 is 0 Å². The highest BCUT2D eigenvalue weighted by atomic mass is 16.6. The molecule has 2 unspecified atom stereocenters. The van der Waals surface area contributed by atoms with E-state index in [-0.39, 0.29) is 17.3 Å². The van der Waals surface area contributed by atoms with Gasteiger partial charge in [0.15, 0.2) is 0 Å². The summed E-state index contributed by atoms with van der Waals surface area (Å²) in [6.07, 6.45) is 4.82. The molecule has 1 aliphatic rings. The summed E-state index contributed by atoms with van der Waals surface area (Å²) in [7, 11) is 0. The Morgan fingerprint density at radius 2 is 1.77 bits per heavy atom. The molecule has 0 N–H and O–H groups in total. The molecule has 1 aromatic carbocycles. The Balaban J connectivity index is 1.82. The Morgan fingerprint density at radius 3 is 2.35 bits per heavy atom. The normalized spacial score (nSPS) is 20.2. The summed E-state index contributed by atoms with van der Waals surface area (Å²) in [5, 5.41) is 0. The summed E-state index contributed by atoms with van der Waals surface area (Å²) in [5.41, 5.74) is 1.99. The van der Waals surface area contributed by atoms with Gasteiger partial charge in [-0.25, -0.2) is 0 Å². The van der Waals surface area contributed by atoms with E-state index in [1.165, 1.54) is 24.0 Å². The molecule has 2 atom stereocenters. The fourth-order valence-corrected chi connectivity index (χ4v) is 3.24. The van der Waals surface area contributed by atoms with E-state index >= 15 is 0 Å². The molecule has 0 aromatic heterocycles. The Hall–Kier alpha value is -0.900. The van der Waals surface area contributed by atoms with Gasteiger partial charge in [0.2, 0.25) is 0 Å². The van der Waals surface area contributed by atoms with Crippen LogP contribution in [-0.4, -0.2) is 30.5 Å². The molecule has 1 aromatic rings. The van der Waals surface area contributed by atoms with E-state index in [4.69, 9.17) is 14.2 Å². The SMILES string of the molecule is CCC(C)c1ccc(COC(C)(C)COC(C)(C)C2CCCCO2)cc1. The lowest BCUT2D eigenvalue weighted by atomic mass is 9.94. The monoisotopic (exact) mass is 362 g/mol. The van der Waals surface area contributed by atoms with Crippen molar-refractivity contribution in [3.05, 3.63) is 35.4 Å². The maximum atomic E-state index is 6.24. The van der Waals surface area contributed by atoms with E-state index in [1.54, 1.807) is 0 Å². The number of hydrogen-bond donors (Lipinski definition) is 0. The van der Waals surface area contributed by atoms with Gasteiger partial charge < -0.3 is 14.2 Å². The molecule has 1 saturated heterocycles. The smallest absolute Gasteiger partial charge is 0.0888 e. The minimum Gasteiger partial charge on any atom is -0.375 e. The van der Waals surface area contributed by atoms with Crippen molar-refractivity contribution >= 4 is 0 Å². The van der Waals surface area contributed by atoms with Gasteiger partial charge in [-0.3, -0.25) is 0 Å². The molecule has 3 heteroatoms. The van der Waals surface area contributed by atoms with Gasteiger partial charge in [-0.2, -0.15) is 0 Å². The van der Waals surface area contributed by atoms with Crippen LogP contribution >= 0.6 is 0 Å². The molecule has 0 saturated carbocycles. The van der Waals surface area contributed by atoms with Crippen molar-refractivity contribution in [1.82, 2.24) is 0 Å². The molecule has 148 valence electrons. The zero-order chi connectivity index (χ0) is 19.2. The summed E-state index contributed by atoms with van der Waals surface area (Å²) in [6, 6.07) is 8.80. The second-order valence-electron chi connectivity index (χ2n) is 8.85. The second-order valence-corrected chi connectivity index (χ2v) is 8.85. The largest absolute Gasteiger partial charge is 0.375 e. The van der Waals surface area contributed by atoms with Crippen molar-refractivity contribution in [2.24, 2.45) is 0 Å². The van der Waals surface area contributed by atoms with Crippen LogP contribution in [0.15, 0.2) is 24.3 Å². The molecule has 1 heterocycles. The third kappa shape index (κ3) is 6.37. The highest BCUT2D eigenvalue weighted by Gasteiger charge is 2.34. The zero-order valence-electron chi connectivity index (χ0n) is 17.6. The standard InChI is InChI=1S/C23H38O3/c1-7-18(2)20-13-11-19(12-14-20)16-25-22(3,4)17-26-23(5,6)21-10-8-9-15-24-21/h11-14,18,21H,7-10,15-17H2,1-6H3. The fourth-order valence-electron chi connectivity index (χ4n) is 3.24. The lowest BCUT2D eigenvalue weighted by Gasteiger charge is -2.39. The minimum atomic E-state index is -0.332. The first kappa shape index (κ1) is 21.4. The van der Waals surface area contributed by atoms with Crippen molar-refractivity contribution in [3.63, 3.8) is 0 Å². The predicted octanol–water partition coefficient (Wildman–Crippen LogP) is 5.86. The second kappa shape index (κ2) is 9.34. The van der Waals surface area contributed by atoms with E-state index in [0.29, 0.717) is 19.1 Å². The van der Waals surface area contributed by atoms with Crippen molar-refractivity contribution < 1.29 is 14.2 Å². The van der Waals surface area contributed by atoms with Crippen LogP contribution in [0, 0.1) is 0 Å². The maximum Gasteiger partial charge on any atom is 0.0888 e. The molecular weight excluding hydrogens is 324 g/mol. The minimum absolute atomic E-state index is 0.181. The van der Waals surface area contributed by atoms with Gasteiger partial charge in [-0.05, 0) is 70.4 Å². The molecule has 0 amide bonds. The average Bonchev–Trinajstić information content (AvgIpc) is 2.65. The topological polar surface area (TPSA) is 27.7 Å².